The molecule has 3 N–H and O–H groups in total. The van der Waals surface area contributed by atoms with E-state index in [9.17, 15) is 0 Å². The highest BCUT2D eigenvalue weighted by atomic mass is 32.2. The molecule has 0 spiro atoms. The third kappa shape index (κ3) is 2.38. The number of fused-ring (bicyclic) bond motifs is 1. The fourth-order valence-electron chi connectivity index (χ4n) is 1.46. The second-order valence-corrected chi connectivity index (χ2v) is 5.65. The van der Waals surface area contributed by atoms with E-state index in [4.69, 9.17) is 5.73 Å². The molecule has 0 atom stereocenters. The lowest BCUT2D eigenvalue weighted by Gasteiger charge is -2.05. The Morgan fingerprint density at radius 1 is 1.50 bits per heavy atom. The third-order valence-electron chi connectivity index (χ3n) is 2.13. The molecule has 0 aliphatic heterocycles. The Balaban J connectivity index is 2.34. The maximum atomic E-state index is 5.68. The molecule has 0 saturated heterocycles. The monoisotopic (exact) mass is 254 g/mol. The van der Waals surface area contributed by atoms with E-state index in [1.807, 2.05) is 0 Å². The highest BCUT2D eigenvalue weighted by Crippen LogP contribution is 2.28. The third-order valence-corrected chi connectivity index (χ3v) is 3.69. The van der Waals surface area contributed by atoms with Crippen molar-refractivity contribution in [3.63, 3.8) is 0 Å². The number of thiophene rings is 1. The molecule has 0 radical (unpaired) electrons. The smallest absolute Gasteiger partial charge is 0.223 e. The van der Waals surface area contributed by atoms with Crippen LogP contribution in [0.2, 0.25) is 0 Å². The van der Waals surface area contributed by atoms with Crippen molar-refractivity contribution in [2.45, 2.75) is 6.92 Å². The van der Waals surface area contributed by atoms with Crippen molar-refractivity contribution in [2.24, 2.45) is 0 Å². The quantitative estimate of drug-likeness (QED) is 0.820. The standard InChI is InChI=1S/C10H14N4S2/c1-6-5-7-8(12-3-4-15-2)13-10(11)14-9(7)16-6/h5H,3-4H2,1-2H3,(H3,11,12,13,14). The SMILES string of the molecule is CSCCNc1nc(N)nc2sc(C)cc12. The number of anilines is 2. The Morgan fingerprint density at radius 3 is 3.06 bits per heavy atom. The summed E-state index contributed by atoms with van der Waals surface area (Å²) in [6.07, 6.45) is 2.08. The number of thioether (sulfide) groups is 1. The number of rotatable bonds is 4. The van der Waals surface area contributed by atoms with Gasteiger partial charge in [-0.3, -0.25) is 0 Å². The molecule has 0 fully saturated rings. The minimum absolute atomic E-state index is 0.334. The zero-order valence-corrected chi connectivity index (χ0v) is 10.9. The molecule has 0 aromatic carbocycles. The van der Waals surface area contributed by atoms with Crippen LogP contribution in [0.5, 0.6) is 0 Å². The summed E-state index contributed by atoms with van der Waals surface area (Å²) < 4.78 is 0. The van der Waals surface area contributed by atoms with E-state index in [1.54, 1.807) is 23.1 Å². The van der Waals surface area contributed by atoms with Crippen LogP contribution in [0.1, 0.15) is 4.88 Å². The van der Waals surface area contributed by atoms with Gasteiger partial charge in [0.2, 0.25) is 5.95 Å². The van der Waals surface area contributed by atoms with Crippen molar-refractivity contribution >= 4 is 45.1 Å². The van der Waals surface area contributed by atoms with Gasteiger partial charge in [0.05, 0.1) is 5.39 Å². The van der Waals surface area contributed by atoms with Crippen molar-refractivity contribution in [1.82, 2.24) is 9.97 Å². The van der Waals surface area contributed by atoms with Gasteiger partial charge in [0.15, 0.2) is 0 Å². The molecule has 0 saturated carbocycles. The van der Waals surface area contributed by atoms with Gasteiger partial charge in [-0.1, -0.05) is 0 Å². The van der Waals surface area contributed by atoms with Gasteiger partial charge in [-0.25, -0.2) is 4.98 Å². The van der Waals surface area contributed by atoms with Crippen LogP contribution in [-0.4, -0.2) is 28.5 Å². The van der Waals surface area contributed by atoms with Crippen LogP contribution >= 0.6 is 23.1 Å². The molecular formula is C10H14N4S2. The molecule has 0 bridgehead atoms. The van der Waals surface area contributed by atoms with Crippen LogP contribution in [-0.2, 0) is 0 Å². The van der Waals surface area contributed by atoms with E-state index in [1.165, 1.54) is 4.88 Å². The van der Waals surface area contributed by atoms with Crippen LogP contribution in [0.25, 0.3) is 10.2 Å². The van der Waals surface area contributed by atoms with E-state index in [0.717, 1.165) is 28.3 Å². The lowest BCUT2D eigenvalue weighted by atomic mass is 10.3. The number of aromatic nitrogens is 2. The molecule has 2 aromatic rings. The molecule has 86 valence electrons. The van der Waals surface area contributed by atoms with Crippen molar-refractivity contribution in [1.29, 1.82) is 0 Å². The van der Waals surface area contributed by atoms with Gasteiger partial charge in [0.1, 0.15) is 10.6 Å². The lowest BCUT2D eigenvalue weighted by molar-refractivity contribution is 1.16. The Morgan fingerprint density at radius 2 is 2.31 bits per heavy atom. The number of nitrogens with one attached hydrogen (secondary N) is 1. The first-order valence-electron chi connectivity index (χ1n) is 4.97. The van der Waals surface area contributed by atoms with E-state index in [-0.39, 0.29) is 0 Å². The minimum Gasteiger partial charge on any atom is -0.369 e. The first-order chi connectivity index (χ1) is 7.70. The Hall–Kier alpha value is -1.01. The minimum atomic E-state index is 0.334. The molecule has 2 rings (SSSR count). The summed E-state index contributed by atoms with van der Waals surface area (Å²) in [5, 5.41) is 4.36. The first kappa shape index (κ1) is 11.5. The van der Waals surface area contributed by atoms with Gasteiger partial charge < -0.3 is 11.1 Å². The van der Waals surface area contributed by atoms with Gasteiger partial charge in [-0.15, -0.1) is 11.3 Å². The fraction of sp³-hybridized carbons (Fsp3) is 0.400. The number of hydrogen-bond acceptors (Lipinski definition) is 6. The first-order valence-corrected chi connectivity index (χ1v) is 7.18. The summed E-state index contributed by atoms with van der Waals surface area (Å²) in [6, 6.07) is 2.10. The Labute approximate surface area is 103 Å². The number of nitrogens with two attached hydrogens (primary N) is 1. The van der Waals surface area contributed by atoms with Crippen LogP contribution in [0.15, 0.2) is 6.07 Å². The summed E-state index contributed by atoms with van der Waals surface area (Å²) in [4.78, 5) is 10.6. The number of aryl methyl sites for hydroxylation is 1. The largest absolute Gasteiger partial charge is 0.369 e. The number of nitrogen functional groups attached to an aromatic ring is 1. The van der Waals surface area contributed by atoms with Crippen molar-refractivity contribution in [2.75, 3.05) is 29.6 Å². The maximum absolute atomic E-state index is 5.68. The van der Waals surface area contributed by atoms with Crippen molar-refractivity contribution in [3.8, 4) is 0 Å². The molecule has 2 heterocycles. The molecular weight excluding hydrogens is 240 g/mol. The predicted molar refractivity (Wildman–Crippen MR) is 73.4 cm³/mol. The number of nitrogens with zero attached hydrogens (tertiary/aromatic N) is 2. The highest BCUT2D eigenvalue weighted by Gasteiger charge is 2.08. The fourth-order valence-corrected chi connectivity index (χ4v) is 2.66. The van der Waals surface area contributed by atoms with Gasteiger partial charge in [0, 0.05) is 17.2 Å². The predicted octanol–water partition coefficient (Wildman–Crippen LogP) is 2.36. The topological polar surface area (TPSA) is 63.8 Å². The Bertz CT molecular complexity index is 495. The zero-order chi connectivity index (χ0) is 11.5. The molecule has 0 amide bonds. The van der Waals surface area contributed by atoms with Gasteiger partial charge in [-0.05, 0) is 19.2 Å². The summed E-state index contributed by atoms with van der Waals surface area (Å²) >= 11 is 3.44. The van der Waals surface area contributed by atoms with Crippen LogP contribution < -0.4 is 11.1 Å². The van der Waals surface area contributed by atoms with Crippen LogP contribution in [0.3, 0.4) is 0 Å². The van der Waals surface area contributed by atoms with E-state index < -0.39 is 0 Å². The van der Waals surface area contributed by atoms with Crippen LogP contribution in [0, 0.1) is 6.92 Å². The molecule has 2 aromatic heterocycles. The second-order valence-electron chi connectivity index (χ2n) is 3.43. The summed E-state index contributed by atoms with van der Waals surface area (Å²) in [6.45, 7) is 2.95. The average Bonchev–Trinajstić information content (AvgIpc) is 2.58. The average molecular weight is 254 g/mol. The number of hydrogen-bond donors (Lipinski definition) is 2. The molecule has 0 unspecified atom stereocenters. The highest BCUT2D eigenvalue weighted by molar-refractivity contribution is 7.98. The second kappa shape index (κ2) is 4.88. The molecule has 0 aliphatic rings. The molecule has 6 heteroatoms. The molecule has 4 nitrogen and oxygen atoms in total. The van der Waals surface area contributed by atoms with E-state index in [0.29, 0.717) is 5.95 Å². The van der Waals surface area contributed by atoms with Gasteiger partial charge >= 0.3 is 0 Å². The Kier molecular flexibility index (Phi) is 3.50. The summed E-state index contributed by atoms with van der Waals surface area (Å²) in [5.74, 6) is 2.23. The van der Waals surface area contributed by atoms with Gasteiger partial charge in [-0.2, -0.15) is 16.7 Å². The van der Waals surface area contributed by atoms with Crippen molar-refractivity contribution in [3.05, 3.63) is 10.9 Å². The van der Waals surface area contributed by atoms with Crippen LogP contribution in [0.4, 0.5) is 11.8 Å². The summed E-state index contributed by atoms with van der Waals surface area (Å²) in [5.41, 5.74) is 5.68. The zero-order valence-electron chi connectivity index (χ0n) is 9.28. The molecule has 0 aliphatic carbocycles. The van der Waals surface area contributed by atoms with E-state index >= 15 is 0 Å². The normalized spacial score (nSPS) is 10.9. The molecule has 16 heavy (non-hydrogen) atoms. The van der Waals surface area contributed by atoms with Crippen molar-refractivity contribution < 1.29 is 0 Å². The maximum Gasteiger partial charge on any atom is 0.223 e. The van der Waals surface area contributed by atoms with Gasteiger partial charge in [0.25, 0.3) is 0 Å². The van der Waals surface area contributed by atoms with E-state index in [2.05, 4.69) is 34.5 Å². The summed E-state index contributed by atoms with van der Waals surface area (Å²) in [7, 11) is 0. The lowest BCUT2D eigenvalue weighted by Crippen LogP contribution is -2.07.